The highest BCUT2D eigenvalue weighted by Gasteiger charge is 2.33. The van der Waals surface area contributed by atoms with E-state index in [9.17, 15) is 17.6 Å². The van der Waals surface area contributed by atoms with Crippen molar-refractivity contribution in [2.45, 2.75) is 13.1 Å². The van der Waals surface area contributed by atoms with Gasteiger partial charge in [0, 0.05) is 0 Å². The van der Waals surface area contributed by atoms with Gasteiger partial charge >= 0.3 is 6.18 Å². The summed E-state index contributed by atoms with van der Waals surface area (Å²) < 4.78 is 52.2. The van der Waals surface area contributed by atoms with E-state index in [1.807, 2.05) is 0 Å². The molecular weight excluding hydrogens is 258 g/mol. The van der Waals surface area contributed by atoms with Crippen molar-refractivity contribution in [3.63, 3.8) is 0 Å². The Morgan fingerprint density at radius 1 is 0.895 bits per heavy atom. The van der Waals surface area contributed by atoms with Crippen LogP contribution >= 0.6 is 0 Å². The Morgan fingerprint density at radius 2 is 1.53 bits per heavy atom. The molecule has 100 valence electrons. The van der Waals surface area contributed by atoms with Gasteiger partial charge in [-0.3, -0.25) is 0 Å². The van der Waals surface area contributed by atoms with Crippen LogP contribution in [0.2, 0.25) is 0 Å². The Hall–Kier alpha value is -2.04. The molecule has 0 saturated carbocycles. The molecule has 0 aliphatic heterocycles. The van der Waals surface area contributed by atoms with Crippen LogP contribution in [0, 0.1) is 12.7 Å². The molecule has 0 bridgehead atoms. The van der Waals surface area contributed by atoms with Crippen molar-refractivity contribution in [1.82, 2.24) is 0 Å². The Morgan fingerprint density at radius 3 is 2.21 bits per heavy atom. The second-order valence-electron chi connectivity index (χ2n) is 4.10. The maximum atomic E-state index is 13.8. The fourth-order valence-electron chi connectivity index (χ4n) is 1.73. The number of hydrogen-bond acceptors (Lipinski definition) is 1. The van der Waals surface area contributed by atoms with Crippen LogP contribution in [-0.2, 0) is 6.18 Å². The molecule has 1 nitrogen and oxygen atoms in total. The first kappa shape index (κ1) is 13.4. The van der Waals surface area contributed by atoms with Crippen LogP contribution in [0.3, 0.4) is 0 Å². The highest BCUT2D eigenvalue weighted by Crippen LogP contribution is 2.36. The molecular formula is C14H11F4N. The first-order valence-electron chi connectivity index (χ1n) is 5.58. The van der Waals surface area contributed by atoms with Gasteiger partial charge in [-0.15, -0.1) is 0 Å². The number of rotatable bonds is 2. The normalized spacial score (nSPS) is 11.4. The van der Waals surface area contributed by atoms with E-state index in [0.717, 1.165) is 6.07 Å². The number of alkyl halides is 3. The lowest BCUT2D eigenvalue weighted by molar-refractivity contribution is -0.136. The Bertz CT molecular complexity index is 590. The third-order valence-electron chi connectivity index (χ3n) is 2.69. The van der Waals surface area contributed by atoms with Gasteiger partial charge in [-0.1, -0.05) is 24.3 Å². The molecule has 0 amide bonds. The van der Waals surface area contributed by atoms with Crippen LogP contribution in [0.4, 0.5) is 28.9 Å². The van der Waals surface area contributed by atoms with Crippen LogP contribution in [-0.4, -0.2) is 0 Å². The number of anilines is 2. The number of halogens is 4. The minimum atomic E-state index is -4.48. The number of nitrogens with one attached hydrogen (secondary N) is 1. The summed E-state index contributed by atoms with van der Waals surface area (Å²) in [5.74, 6) is -0.556. The van der Waals surface area contributed by atoms with Gasteiger partial charge in [0.2, 0.25) is 0 Å². The van der Waals surface area contributed by atoms with Gasteiger partial charge in [-0.2, -0.15) is 13.2 Å². The van der Waals surface area contributed by atoms with E-state index in [2.05, 4.69) is 5.32 Å². The first-order valence-corrected chi connectivity index (χ1v) is 5.58. The fourth-order valence-corrected chi connectivity index (χ4v) is 1.73. The number of benzene rings is 2. The quantitative estimate of drug-likeness (QED) is 0.765. The van der Waals surface area contributed by atoms with Crippen LogP contribution in [0.15, 0.2) is 42.5 Å². The predicted molar refractivity (Wildman–Crippen MR) is 65.9 cm³/mol. The molecule has 2 rings (SSSR count). The van der Waals surface area contributed by atoms with Gasteiger partial charge in [0.25, 0.3) is 0 Å². The minimum absolute atomic E-state index is 0.0247. The third-order valence-corrected chi connectivity index (χ3v) is 2.69. The summed E-state index contributed by atoms with van der Waals surface area (Å²) in [5.41, 5.74) is -0.596. The number of para-hydroxylation sites is 1. The molecule has 1 N–H and O–H groups in total. The van der Waals surface area contributed by atoms with E-state index < -0.39 is 17.6 Å². The second-order valence-corrected chi connectivity index (χ2v) is 4.10. The monoisotopic (exact) mass is 269 g/mol. The lowest BCUT2D eigenvalue weighted by atomic mass is 10.1. The lowest BCUT2D eigenvalue weighted by Crippen LogP contribution is -2.09. The summed E-state index contributed by atoms with van der Waals surface area (Å²) in [4.78, 5) is 0. The Kier molecular flexibility index (Phi) is 3.46. The third kappa shape index (κ3) is 2.86. The smallest absolute Gasteiger partial charge is 0.353 e. The Labute approximate surface area is 107 Å². The zero-order chi connectivity index (χ0) is 14.0. The van der Waals surface area contributed by atoms with E-state index in [-0.39, 0.29) is 11.4 Å². The van der Waals surface area contributed by atoms with Gasteiger partial charge in [-0.25, -0.2) is 4.39 Å². The molecule has 0 radical (unpaired) electrons. The summed E-state index contributed by atoms with van der Waals surface area (Å²) in [6.45, 7) is 1.55. The topological polar surface area (TPSA) is 12.0 Å². The molecule has 0 spiro atoms. The molecule has 0 fully saturated rings. The predicted octanol–water partition coefficient (Wildman–Crippen LogP) is 4.90. The SMILES string of the molecule is Cc1cccc(Nc2ccccc2C(F)(F)F)c1F. The van der Waals surface area contributed by atoms with Crippen molar-refractivity contribution >= 4 is 11.4 Å². The summed E-state index contributed by atoms with van der Waals surface area (Å²) >= 11 is 0. The molecule has 0 aromatic heterocycles. The fraction of sp³-hybridized carbons (Fsp3) is 0.143. The van der Waals surface area contributed by atoms with E-state index in [0.29, 0.717) is 5.56 Å². The average Bonchev–Trinajstić information content (AvgIpc) is 2.34. The summed E-state index contributed by atoms with van der Waals surface area (Å²) in [6.07, 6.45) is -4.48. The zero-order valence-corrected chi connectivity index (χ0v) is 10.1. The lowest BCUT2D eigenvalue weighted by Gasteiger charge is -2.15. The van der Waals surface area contributed by atoms with Gasteiger partial charge < -0.3 is 5.32 Å². The standard InChI is InChI=1S/C14H11F4N/c1-9-5-4-8-12(13(9)15)19-11-7-3-2-6-10(11)14(16,17)18/h2-8,19H,1H3. The van der Waals surface area contributed by atoms with Crippen molar-refractivity contribution in [2.75, 3.05) is 5.32 Å². The van der Waals surface area contributed by atoms with Crippen molar-refractivity contribution in [3.8, 4) is 0 Å². The minimum Gasteiger partial charge on any atom is -0.353 e. The van der Waals surface area contributed by atoms with E-state index in [4.69, 9.17) is 0 Å². The van der Waals surface area contributed by atoms with E-state index in [1.165, 1.54) is 24.3 Å². The van der Waals surface area contributed by atoms with E-state index in [1.54, 1.807) is 19.1 Å². The molecule has 19 heavy (non-hydrogen) atoms. The summed E-state index contributed by atoms with van der Waals surface area (Å²) in [7, 11) is 0. The molecule has 0 aliphatic carbocycles. The highest BCUT2D eigenvalue weighted by molar-refractivity contribution is 5.64. The number of hydrogen-bond donors (Lipinski definition) is 1. The molecule has 2 aromatic rings. The maximum absolute atomic E-state index is 13.8. The summed E-state index contributed by atoms with van der Waals surface area (Å²) in [5, 5.41) is 2.49. The van der Waals surface area contributed by atoms with Crippen molar-refractivity contribution < 1.29 is 17.6 Å². The van der Waals surface area contributed by atoms with Gasteiger partial charge in [0.15, 0.2) is 0 Å². The van der Waals surface area contributed by atoms with Gasteiger partial charge in [-0.05, 0) is 30.7 Å². The van der Waals surface area contributed by atoms with Gasteiger partial charge in [0.1, 0.15) is 5.82 Å². The van der Waals surface area contributed by atoms with Crippen LogP contribution in [0.5, 0.6) is 0 Å². The first-order chi connectivity index (χ1) is 8.89. The zero-order valence-electron chi connectivity index (χ0n) is 10.1. The van der Waals surface area contributed by atoms with E-state index >= 15 is 0 Å². The maximum Gasteiger partial charge on any atom is 0.418 e. The second kappa shape index (κ2) is 4.91. The van der Waals surface area contributed by atoms with Crippen molar-refractivity contribution in [2.24, 2.45) is 0 Å². The molecule has 5 heteroatoms. The Balaban J connectivity index is 2.42. The molecule has 0 heterocycles. The van der Waals surface area contributed by atoms with Crippen LogP contribution < -0.4 is 5.32 Å². The molecule has 2 aromatic carbocycles. The molecule has 0 saturated heterocycles. The van der Waals surface area contributed by atoms with Gasteiger partial charge in [0.05, 0.1) is 16.9 Å². The van der Waals surface area contributed by atoms with Crippen molar-refractivity contribution in [3.05, 3.63) is 59.4 Å². The molecule has 0 unspecified atom stereocenters. The largest absolute Gasteiger partial charge is 0.418 e. The average molecular weight is 269 g/mol. The molecule has 0 atom stereocenters. The van der Waals surface area contributed by atoms with Crippen molar-refractivity contribution in [1.29, 1.82) is 0 Å². The van der Waals surface area contributed by atoms with Crippen LogP contribution in [0.1, 0.15) is 11.1 Å². The number of aryl methyl sites for hydroxylation is 1. The molecule has 0 aliphatic rings. The summed E-state index contributed by atoms with van der Waals surface area (Å²) in [6, 6.07) is 9.51. The highest BCUT2D eigenvalue weighted by atomic mass is 19.4. The van der Waals surface area contributed by atoms with Crippen LogP contribution in [0.25, 0.3) is 0 Å².